The van der Waals surface area contributed by atoms with E-state index in [0.29, 0.717) is 5.02 Å². The second-order valence-corrected chi connectivity index (χ2v) is 6.11. The van der Waals surface area contributed by atoms with Crippen molar-refractivity contribution in [3.63, 3.8) is 0 Å². The highest BCUT2D eigenvalue weighted by Crippen LogP contribution is 2.40. The van der Waals surface area contributed by atoms with Gasteiger partial charge in [0, 0.05) is 6.42 Å². The minimum Gasteiger partial charge on any atom is -0.486 e. The Balaban J connectivity index is 2.17. The lowest BCUT2D eigenvalue weighted by Gasteiger charge is -2.27. The number of hydrogen-bond donors (Lipinski definition) is 0. The van der Waals surface area contributed by atoms with Crippen LogP contribution in [-0.2, 0) is 4.74 Å². The third-order valence-corrected chi connectivity index (χ3v) is 3.41. The van der Waals surface area contributed by atoms with Crippen LogP contribution >= 0.6 is 11.6 Å². The number of hydrogen-bond acceptors (Lipinski definition) is 2. The summed E-state index contributed by atoms with van der Waals surface area (Å²) >= 11 is 6.10. The lowest BCUT2D eigenvalue weighted by Crippen LogP contribution is -2.36. The lowest BCUT2D eigenvalue weighted by molar-refractivity contribution is -0.0845. The van der Waals surface area contributed by atoms with Crippen LogP contribution in [0.5, 0.6) is 5.75 Å². The Labute approximate surface area is 108 Å². The summed E-state index contributed by atoms with van der Waals surface area (Å²) in [5.74, 6) is 0.730. The van der Waals surface area contributed by atoms with E-state index in [0.717, 1.165) is 12.2 Å². The molecular formula is C14H19ClO2. The molecule has 1 heterocycles. The van der Waals surface area contributed by atoms with E-state index in [1.54, 1.807) is 0 Å². The third kappa shape index (κ3) is 2.75. The normalized spacial score (nSPS) is 25.8. The van der Waals surface area contributed by atoms with Gasteiger partial charge in [-0.25, -0.2) is 0 Å². The van der Waals surface area contributed by atoms with Crippen LogP contribution < -0.4 is 4.74 Å². The second-order valence-electron chi connectivity index (χ2n) is 5.71. The maximum absolute atomic E-state index is 6.10. The maximum Gasteiger partial charge on any atom is 0.138 e. The van der Waals surface area contributed by atoms with Crippen molar-refractivity contribution in [1.29, 1.82) is 0 Å². The molecule has 0 saturated carbocycles. The molecule has 17 heavy (non-hydrogen) atoms. The van der Waals surface area contributed by atoms with Gasteiger partial charge in [-0.2, -0.15) is 0 Å². The highest BCUT2D eigenvalue weighted by Gasteiger charge is 2.47. The number of para-hydroxylation sites is 1. The fourth-order valence-corrected chi connectivity index (χ4v) is 2.57. The molecule has 1 aliphatic rings. The van der Waals surface area contributed by atoms with Crippen LogP contribution in [0, 0.1) is 0 Å². The molecule has 0 aromatic heterocycles. The summed E-state index contributed by atoms with van der Waals surface area (Å²) < 4.78 is 12.0. The molecule has 0 bridgehead atoms. The average molecular weight is 255 g/mol. The minimum absolute atomic E-state index is 0.0254. The molecule has 1 atom stereocenters. The van der Waals surface area contributed by atoms with Crippen molar-refractivity contribution < 1.29 is 9.47 Å². The number of ether oxygens (including phenoxy) is 2. The Kier molecular flexibility index (Phi) is 3.13. The van der Waals surface area contributed by atoms with Gasteiger partial charge < -0.3 is 9.47 Å². The van der Waals surface area contributed by atoms with Gasteiger partial charge in [0.1, 0.15) is 17.5 Å². The molecule has 94 valence electrons. The quantitative estimate of drug-likeness (QED) is 0.792. The van der Waals surface area contributed by atoms with Crippen LogP contribution in [0.25, 0.3) is 0 Å². The van der Waals surface area contributed by atoms with Gasteiger partial charge in [-0.1, -0.05) is 23.7 Å². The monoisotopic (exact) mass is 254 g/mol. The highest BCUT2D eigenvalue weighted by molar-refractivity contribution is 6.32. The molecule has 0 radical (unpaired) electrons. The van der Waals surface area contributed by atoms with E-state index in [2.05, 4.69) is 27.7 Å². The van der Waals surface area contributed by atoms with Crippen molar-refractivity contribution in [3.8, 4) is 5.75 Å². The Hall–Kier alpha value is -0.730. The SMILES string of the molecule is CC1(C)CC(Oc2ccccc2Cl)C(C)(C)O1. The molecule has 1 unspecified atom stereocenters. The fourth-order valence-electron chi connectivity index (χ4n) is 2.39. The molecule has 1 aromatic carbocycles. The van der Waals surface area contributed by atoms with Crippen molar-refractivity contribution in [3.05, 3.63) is 29.3 Å². The summed E-state index contributed by atoms with van der Waals surface area (Å²) in [6.45, 7) is 8.29. The van der Waals surface area contributed by atoms with Gasteiger partial charge >= 0.3 is 0 Å². The molecule has 0 aliphatic carbocycles. The lowest BCUT2D eigenvalue weighted by atomic mass is 9.97. The number of rotatable bonds is 2. The van der Waals surface area contributed by atoms with E-state index < -0.39 is 0 Å². The Bertz CT molecular complexity index is 412. The van der Waals surface area contributed by atoms with Crippen molar-refractivity contribution in [2.75, 3.05) is 0 Å². The number of halogens is 1. The third-order valence-electron chi connectivity index (χ3n) is 3.10. The van der Waals surface area contributed by atoms with E-state index >= 15 is 0 Å². The van der Waals surface area contributed by atoms with Gasteiger partial charge in [-0.15, -0.1) is 0 Å². The first kappa shape index (κ1) is 12.7. The van der Waals surface area contributed by atoms with Gasteiger partial charge in [0.2, 0.25) is 0 Å². The first-order chi connectivity index (χ1) is 7.80. The van der Waals surface area contributed by atoms with E-state index in [1.807, 2.05) is 24.3 Å². The van der Waals surface area contributed by atoms with Gasteiger partial charge in [0.25, 0.3) is 0 Å². The van der Waals surface area contributed by atoms with E-state index in [1.165, 1.54) is 0 Å². The first-order valence-electron chi connectivity index (χ1n) is 5.91. The Morgan fingerprint density at radius 3 is 2.41 bits per heavy atom. The zero-order valence-electron chi connectivity index (χ0n) is 10.8. The zero-order chi connectivity index (χ0) is 12.7. The largest absolute Gasteiger partial charge is 0.486 e. The summed E-state index contributed by atoms with van der Waals surface area (Å²) in [5, 5.41) is 0.646. The van der Waals surface area contributed by atoms with Crippen molar-refractivity contribution in [2.24, 2.45) is 0 Å². The van der Waals surface area contributed by atoms with Crippen LogP contribution in [-0.4, -0.2) is 17.3 Å². The van der Waals surface area contributed by atoms with E-state index in [-0.39, 0.29) is 17.3 Å². The molecule has 0 amide bonds. The second kappa shape index (κ2) is 4.18. The molecule has 2 nitrogen and oxygen atoms in total. The molecule has 1 aliphatic heterocycles. The predicted molar refractivity (Wildman–Crippen MR) is 69.7 cm³/mol. The molecule has 0 N–H and O–H groups in total. The van der Waals surface area contributed by atoms with Gasteiger partial charge in [-0.3, -0.25) is 0 Å². The molecular weight excluding hydrogens is 236 g/mol. The van der Waals surface area contributed by atoms with Gasteiger partial charge in [0.15, 0.2) is 0 Å². The molecule has 0 spiro atoms. The summed E-state index contributed by atoms with van der Waals surface area (Å²) in [7, 11) is 0. The van der Waals surface area contributed by atoms with Gasteiger partial charge in [-0.05, 0) is 39.8 Å². The first-order valence-corrected chi connectivity index (χ1v) is 6.29. The van der Waals surface area contributed by atoms with Crippen molar-refractivity contribution in [2.45, 2.75) is 51.4 Å². The van der Waals surface area contributed by atoms with Crippen LogP contribution in [0.3, 0.4) is 0 Å². The van der Waals surface area contributed by atoms with Crippen LogP contribution in [0.4, 0.5) is 0 Å². The average Bonchev–Trinajstić information content (AvgIpc) is 2.38. The Morgan fingerprint density at radius 1 is 1.24 bits per heavy atom. The summed E-state index contributed by atoms with van der Waals surface area (Å²) in [6, 6.07) is 7.55. The molecule has 1 aromatic rings. The molecule has 3 heteroatoms. The van der Waals surface area contributed by atoms with E-state index in [9.17, 15) is 0 Å². The minimum atomic E-state index is -0.289. The van der Waals surface area contributed by atoms with Crippen molar-refractivity contribution >= 4 is 11.6 Å². The zero-order valence-corrected chi connectivity index (χ0v) is 11.5. The highest BCUT2D eigenvalue weighted by atomic mass is 35.5. The van der Waals surface area contributed by atoms with Gasteiger partial charge in [0.05, 0.1) is 10.6 Å². The van der Waals surface area contributed by atoms with Crippen LogP contribution in [0.15, 0.2) is 24.3 Å². The smallest absolute Gasteiger partial charge is 0.138 e. The molecule has 1 saturated heterocycles. The summed E-state index contributed by atoms with van der Waals surface area (Å²) in [6.07, 6.45) is 0.892. The fraction of sp³-hybridized carbons (Fsp3) is 0.571. The standard InChI is InChI=1S/C14H19ClO2/c1-13(2)9-12(14(3,4)17-13)16-11-8-6-5-7-10(11)15/h5-8,12H,9H2,1-4H3. The van der Waals surface area contributed by atoms with E-state index in [4.69, 9.17) is 21.1 Å². The van der Waals surface area contributed by atoms with Crippen LogP contribution in [0.2, 0.25) is 5.02 Å². The molecule has 2 rings (SSSR count). The molecule has 1 fully saturated rings. The topological polar surface area (TPSA) is 18.5 Å². The predicted octanol–water partition coefficient (Wildman–Crippen LogP) is 4.06. The summed E-state index contributed by atoms with van der Waals surface area (Å²) in [5.41, 5.74) is -0.432. The number of benzene rings is 1. The Morgan fingerprint density at radius 2 is 1.88 bits per heavy atom. The summed E-state index contributed by atoms with van der Waals surface area (Å²) in [4.78, 5) is 0. The van der Waals surface area contributed by atoms with Crippen molar-refractivity contribution in [1.82, 2.24) is 0 Å². The maximum atomic E-state index is 6.10. The van der Waals surface area contributed by atoms with Crippen LogP contribution in [0.1, 0.15) is 34.1 Å².